The van der Waals surface area contributed by atoms with Gasteiger partial charge in [-0.3, -0.25) is 9.36 Å². The van der Waals surface area contributed by atoms with Gasteiger partial charge in [-0.05, 0) is 55.5 Å². The molecule has 4 heterocycles. The van der Waals surface area contributed by atoms with E-state index in [4.69, 9.17) is 13.9 Å². The van der Waals surface area contributed by atoms with Crippen LogP contribution < -0.4 is 9.47 Å². The second-order valence-electron chi connectivity index (χ2n) is 7.94. The lowest BCUT2D eigenvalue weighted by Gasteiger charge is -2.19. The number of ketones is 1. The van der Waals surface area contributed by atoms with Gasteiger partial charge in [0.1, 0.15) is 24.8 Å². The molecule has 0 saturated heterocycles. The van der Waals surface area contributed by atoms with Gasteiger partial charge in [0.25, 0.3) is 0 Å². The number of aromatic nitrogens is 2. The molecule has 10 heteroatoms. The van der Waals surface area contributed by atoms with E-state index in [1.165, 1.54) is 28.8 Å². The van der Waals surface area contributed by atoms with Gasteiger partial charge in [-0.25, -0.2) is 9.37 Å². The van der Waals surface area contributed by atoms with Crippen LogP contribution >= 0.6 is 11.3 Å². The molecule has 0 fully saturated rings. The summed E-state index contributed by atoms with van der Waals surface area (Å²) in [7, 11) is 0. The van der Waals surface area contributed by atoms with E-state index < -0.39 is 23.2 Å². The lowest BCUT2D eigenvalue weighted by atomic mass is 10.0. The van der Waals surface area contributed by atoms with Crippen LogP contribution in [0.25, 0.3) is 26.6 Å². The number of hydrogen-bond acceptors (Lipinski definition) is 8. The molecule has 3 aromatic heterocycles. The average Bonchev–Trinajstić information content (AvgIpc) is 3.54. The number of hydrogen-bond donors (Lipinski definition) is 2. The molecule has 35 heavy (non-hydrogen) atoms. The summed E-state index contributed by atoms with van der Waals surface area (Å²) in [6.45, 7) is 2.46. The van der Waals surface area contributed by atoms with E-state index in [0.717, 1.165) is 11.3 Å². The van der Waals surface area contributed by atoms with Crippen LogP contribution in [0, 0.1) is 12.7 Å². The maximum Gasteiger partial charge on any atom is 0.242 e. The van der Waals surface area contributed by atoms with Crippen molar-refractivity contribution in [2.24, 2.45) is 0 Å². The fourth-order valence-electron chi connectivity index (χ4n) is 4.07. The highest BCUT2D eigenvalue weighted by atomic mass is 32.1. The summed E-state index contributed by atoms with van der Waals surface area (Å²) in [4.78, 5) is 18.0. The van der Waals surface area contributed by atoms with Crippen LogP contribution in [-0.4, -0.2) is 38.8 Å². The van der Waals surface area contributed by atoms with Crippen molar-refractivity contribution in [3.05, 3.63) is 71.4 Å². The smallest absolute Gasteiger partial charge is 0.242 e. The third-order valence-electron chi connectivity index (χ3n) is 5.66. The summed E-state index contributed by atoms with van der Waals surface area (Å²) in [5.41, 5.74) is 0.970. The van der Waals surface area contributed by atoms with Gasteiger partial charge in [-0.2, -0.15) is 0 Å². The molecule has 0 atom stereocenters. The number of furan rings is 1. The number of carbonyl (C=O) groups is 1. The monoisotopic (exact) mass is 492 g/mol. The van der Waals surface area contributed by atoms with Crippen molar-refractivity contribution in [1.82, 2.24) is 9.55 Å². The molecule has 0 aliphatic carbocycles. The van der Waals surface area contributed by atoms with E-state index in [-0.39, 0.29) is 22.1 Å². The molecule has 0 saturated carbocycles. The van der Waals surface area contributed by atoms with Crippen molar-refractivity contribution in [3.8, 4) is 39.5 Å². The van der Waals surface area contributed by atoms with Crippen LogP contribution in [0.3, 0.4) is 0 Å². The van der Waals surface area contributed by atoms with E-state index >= 15 is 0 Å². The molecule has 0 radical (unpaired) electrons. The molecular formula is C25H17FN2O6S. The van der Waals surface area contributed by atoms with Crippen LogP contribution in [-0.2, 0) is 0 Å². The van der Waals surface area contributed by atoms with Gasteiger partial charge in [-0.1, -0.05) is 11.3 Å². The minimum atomic E-state index is -0.626. The lowest BCUT2D eigenvalue weighted by Crippen LogP contribution is -2.15. The van der Waals surface area contributed by atoms with Crippen molar-refractivity contribution in [2.75, 3.05) is 13.2 Å². The third kappa shape index (κ3) is 3.41. The Morgan fingerprint density at radius 2 is 1.86 bits per heavy atom. The van der Waals surface area contributed by atoms with Crippen molar-refractivity contribution < 1.29 is 33.3 Å². The lowest BCUT2D eigenvalue weighted by molar-refractivity contribution is 0.101. The van der Waals surface area contributed by atoms with Crippen LogP contribution in [0.15, 0.2) is 52.9 Å². The Bertz CT molecular complexity index is 1630. The van der Waals surface area contributed by atoms with Gasteiger partial charge in [0.2, 0.25) is 11.7 Å². The van der Waals surface area contributed by atoms with Gasteiger partial charge in [0.15, 0.2) is 28.1 Å². The Labute approximate surface area is 201 Å². The van der Waals surface area contributed by atoms with Gasteiger partial charge in [0.05, 0.1) is 21.5 Å². The third-order valence-corrected chi connectivity index (χ3v) is 6.66. The summed E-state index contributed by atoms with van der Waals surface area (Å²) >= 11 is 1.10. The number of halogens is 1. The van der Waals surface area contributed by atoms with Gasteiger partial charge in [-0.15, -0.1) is 0 Å². The highest BCUT2D eigenvalue weighted by Crippen LogP contribution is 2.47. The van der Waals surface area contributed by atoms with Crippen molar-refractivity contribution in [1.29, 1.82) is 0 Å². The Hall–Kier alpha value is -4.31. The maximum atomic E-state index is 13.8. The first-order valence-corrected chi connectivity index (χ1v) is 11.5. The molecule has 0 unspecified atom stereocenters. The zero-order valence-corrected chi connectivity index (χ0v) is 19.1. The zero-order valence-electron chi connectivity index (χ0n) is 18.2. The number of carbonyl (C=O) groups excluding carboxylic acids is 1. The molecule has 1 aliphatic heterocycles. The SMILES string of the molecule is Cc1ccc(C(=O)c2c(O)c(O)n(-c3nc4ccc(F)cc4s3)c2-c2ccc3c(c2)OCCO3)o1. The number of rotatable bonds is 4. The van der Waals surface area contributed by atoms with Crippen molar-refractivity contribution in [2.45, 2.75) is 6.92 Å². The second kappa shape index (κ2) is 7.88. The number of aromatic hydroxyl groups is 2. The predicted octanol–water partition coefficient (Wildman–Crippen LogP) is 5.21. The Morgan fingerprint density at radius 3 is 2.63 bits per heavy atom. The summed E-state index contributed by atoms with van der Waals surface area (Å²) in [6, 6.07) is 12.3. The maximum absolute atomic E-state index is 13.8. The number of thiazole rings is 1. The number of aryl methyl sites for hydroxylation is 1. The largest absolute Gasteiger partial charge is 0.503 e. The van der Waals surface area contributed by atoms with Crippen LogP contribution in [0.2, 0.25) is 0 Å². The quantitative estimate of drug-likeness (QED) is 0.332. The molecule has 0 spiro atoms. The summed E-state index contributed by atoms with van der Waals surface area (Å²) in [5.74, 6) is -0.744. The summed E-state index contributed by atoms with van der Waals surface area (Å²) in [5, 5.41) is 22.2. The zero-order chi connectivity index (χ0) is 24.3. The molecule has 0 bridgehead atoms. The molecule has 2 aromatic carbocycles. The van der Waals surface area contributed by atoms with E-state index in [1.54, 1.807) is 31.2 Å². The van der Waals surface area contributed by atoms with E-state index in [0.29, 0.717) is 46.3 Å². The Kier molecular flexibility index (Phi) is 4.78. The van der Waals surface area contributed by atoms with Crippen LogP contribution in [0.1, 0.15) is 21.9 Å². The van der Waals surface area contributed by atoms with Crippen LogP contribution in [0.5, 0.6) is 23.1 Å². The fraction of sp³-hybridized carbons (Fsp3) is 0.120. The topological polar surface area (TPSA) is 107 Å². The first-order valence-electron chi connectivity index (χ1n) is 10.6. The molecular weight excluding hydrogens is 475 g/mol. The van der Waals surface area contributed by atoms with E-state index in [9.17, 15) is 19.4 Å². The first kappa shape index (κ1) is 21.2. The number of nitrogens with zero attached hydrogens (tertiary/aromatic N) is 2. The minimum Gasteiger partial charge on any atom is -0.503 e. The standard InChI is InChI=1S/C25H17FN2O6S/c1-12-2-6-17(34-12)22(29)20-21(13-3-7-16-18(10-13)33-9-8-32-16)28(24(31)23(20)30)25-27-15-5-4-14(26)11-19(15)35-25/h2-7,10-11,30-31H,8-9H2,1H3. The Balaban J connectivity index is 1.63. The fourth-order valence-corrected chi connectivity index (χ4v) is 5.07. The molecule has 1 aliphatic rings. The molecule has 8 nitrogen and oxygen atoms in total. The number of fused-ring (bicyclic) bond motifs is 2. The normalized spacial score (nSPS) is 12.9. The van der Waals surface area contributed by atoms with Crippen molar-refractivity contribution in [3.63, 3.8) is 0 Å². The average molecular weight is 492 g/mol. The summed E-state index contributed by atoms with van der Waals surface area (Å²) < 4.78 is 32.4. The van der Waals surface area contributed by atoms with Crippen LogP contribution in [0.4, 0.5) is 4.39 Å². The van der Waals surface area contributed by atoms with E-state index in [1.807, 2.05) is 0 Å². The molecule has 6 rings (SSSR count). The van der Waals surface area contributed by atoms with E-state index in [2.05, 4.69) is 4.98 Å². The second-order valence-corrected chi connectivity index (χ2v) is 8.95. The van der Waals surface area contributed by atoms with Gasteiger partial charge < -0.3 is 24.1 Å². The number of benzene rings is 2. The highest BCUT2D eigenvalue weighted by molar-refractivity contribution is 7.20. The first-order chi connectivity index (χ1) is 16.9. The molecule has 5 aromatic rings. The highest BCUT2D eigenvalue weighted by Gasteiger charge is 2.33. The molecule has 2 N–H and O–H groups in total. The predicted molar refractivity (Wildman–Crippen MR) is 126 cm³/mol. The molecule has 0 amide bonds. The molecule has 176 valence electrons. The van der Waals surface area contributed by atoms with Crippen molar-refractivity contribution >= 4 is 27.3 Å². The van der Waals surface area contributed by atoms with Gasteiger partial charge in [0, 0.05) is 5.56 Å². The Morgan fingerprint density at radius 1 is 1.06 bits per heavy atom. The number of ether oxygens (including phenoxy) is 2. The summed E-state index contributed by atoms with van der Waals surface area (Å²) in [6.07, 6.45) is 0. The minimum absolute atomic E-state index is 0.000106. The van der Waals surface area contributed by atoms with Gasteiger partial charge >= 0.3 is 0 Å².